The van der Waals surface area contributed by atoms with Crippen LogP contribution in [0.15, 0.2) is 11.6 Å². The van der Waals surface area contributed by atoms with Gasteiger partial charge < -0.3 is 35.0 Å². The summed E-state index contributed by atoms with van der Waals surface area (Å²) in [6.07, 6.45) is 18.0. The zero-order valence-corrected chi connectivity index (χ0v) is 27.2. The van der Waals surface area contributed by atoms with Crippen LogP contribution in [0.3, 0.4) is 0 Å². The molecule has 2 aliphatic rings. The minimum Gasteiger partial charge on any atom is -0.455 e. The smallest absolute Gasteiger partial charge is 0.334 e. The molecule has 8 nitrogen and oxygen atoms in total. The molecule has 5 N–H and O–H groups in total. The van der Waals surface area contributed by atoms with Crippen molar-refractivity contribution in [1.29, 1.82) is 0 Å². The normalized spacial score (nSPS) is 24.0. The predicted octanol–water partition coefficient (Wildman–Crippen LogP) is 6.03. The number of unbranched alkanes of at least 4 members (excludes halogenated alkanes) is 9. The number of aliphatic hydroxyl groups excluding tert-OH is 5. The molecule has 1 saturated heterocycles. The number of carbonyl (C=O) groups is 1. The minimum atomic E-state index is -0.647. The molecule has 2 rings (SSSR count). The van der Waals surface area contributed by atoms with Crippen molar-refractivity contribution in [2.45, 2.75) is 204 Å². The Labute approximate surface area is 261 Å². The fourth-order valence-electron chi connectivity index (χ4n) is 6.44. The molecule has 252 valence electrons. The molecule has 0 bridgehead atoms. The van der Waals surface area contributed by atoms with Gasteiger partial charge >= 0.3 is 5.97 Å². The summed E-state index contributed by atoms with van der Waals surface area (Å²) in [4.78, 5) is 11.7. The predicted molar refractivity (Wildman–Crippen MR) is 170 cm³/mol. The lowest BCUT2D eigenvalue weighted by molar-refractivity contribution is -0.139. The molecular formula is C35H64O8. The summed E-state index contributed by atoms with van der Waals surface area (Å²) >= 11 is 0. The van der Waals surface area contributed by atoms with Crippen LogP contribution in [0, 0.1) is 0 Å². The van der Waals surface area contributed by atoms with E-state index in [2.05, 4.69) is 6.92 Å². The van der Waals surface area contributed by atoms with Crippen molar-refractivity contribution in [3.63, 3.8) is 0 Å². The van der Waals surface area contributed by atoms with Gasteiger partial charge in [0.15, 0.2) is 0 Å². The van der Waals surface area contributed by atoms with Crippen molar-refractivity contribution < 1.29 is 39.8 Å². The lowest BCUT2D eigenvalue weighted by atomic mass is 9.98. The van der Waals surface area contributed by atoms with E-state index in [0.717, 1.165) is 32.1 Å². The van der Waals surface area contributed by atoms with E-state index in [1.165, 1.54) is 51.4 Å². The van der Waals surface area contributed by atoms with Gasteiger partial charge in [-0.2, -0.15) is 0 Å². The molecule has 2 heterocycles. The number of aliphatic hydroxyl groups is 5. The molecule has 0 aliphatic carbocycles. The number of ether oxygens (including phenoxy) is 2. The van der Waals surface area contributed by atoms with E-state index in [4.69, 9.17) is 9.47 Å². The Kier molecular flexibility index (Phi) is 19.9. The van der Waals surface area contributed by atoms with Crippen LogP contribution in [0.2, 0.25) is 0 Å². The second kappa shape index (κ2) is 22.5. The molecule has 0 saturated carbocycles. The first-order valence-corrected chi connectivity index (χ1v) is 17.7. The van der Waals surface area contributed by atoms with E-state index in [0.29, 0.717) is 56.9 Å². The van der Waals surface area contributed by atoms with Gasteiger partial charge in [-0.25, -0.2) is 4.79 Å². The highest BCUT2D eigenvalue weighted by molar-refractivity contribution is 5.90. The first-order valence-electron chi connectivity index (χ1n) is 17.7. The summed E-state index contributed by atoms with van der Waals surface area (Å²) in [7, 11) is 0. The Morgan fingerprint density at radius 3 is 1.67 bits per heavy atom. The summed E-state index contributed by atoms with van der Waals surface area (Å²) in [6.45, 7) is 4.04. The van der Waals surface area contributed by atoms with Crippen LogP contribution in [0.1, 0.15) is 155 Å². The van der Waals surface area contributed by atoms with Crippen molar-refractivity contribution in [3.8, 4) is 0 Å². The van der Waals surface area contributed by atoms with E-state index in [-0.39, 0.29) is 30.7 Å². The Morgan fingerprint density at radius 2 is 1.14 bits per heavy atom. The third kappa shape index (κ3) is 16.7. The standard InChI is InChI=1S/C35H64O8/c1-3-4-5-6-7-8-9-10-11-12-19-31(39)33-22-23-34(43-33)32(40)21-20-29(37)17-13-15-28(36)16-14-18-30(38)25-27-24-26(2)42-35(27)41/h24,26,28-34,36-40H,3-23,25H2,1-2H3/t26-,28-,29+,30+,31-,32-,33-,34-/m0/s1. The second-order valence-corrected chi connectivity index (χ2v) is 13.3. The van der Waals surface area contributed by atoms with Crippen LogP contribution in [0.5, 0.6) is 0 Å². The summed E-state index contributed by atoms with van der Waals surface area (Å²) in [5, 5.41) is 52.1. The van der Waals surface area contributed by atoms with Crippen LogP contribution < -0.4 is 0 Å². The summed E-state index contributed by atoms with van der Waals surface area (Å²) in [5.74, 6) is -0.355. The molecule has 0 amide bonds. The first-order chi connectivity index (χ1) is 20.7. The topological polar surface area (TPSA) is 137 Å². The molecule has 0 aromatic heterocycles. The molecule has 8 heteroatoms. The molecule has 8 atom stereocenters. The monoisotopic (exact) mass is 612 g/mol. The summed E-state index contributed by atoms with van der Waals surface area (Å²) in [6, 6.07) is 0. The fraction of sp³-hybridized carbons (Fsp3) is 0.914. The number of cyclic esters (lactones) is 1. The maximum absolute atomic E-state index is 11.7. The van der Waals surface area contributed by atoms with E-state index in [1.54, 1.807) is 13.0 Å². The van der Waals surface area contributed by atoms with Gasteiger partial charge in [-0.3, -0.25) is 0 Å². The number of carbonyl (C=O) groups excluding carboxylic acids is 1. The molecule has 0 radical (unpaired) electrons. The van der Waals surface area contributed by atoms with Crippen LogP contribution in [-0.2, 0) is 14.3 Å². The van der Waals surface area contributed by atoms with E-state index >= 15 is 0 Å². The van der Waals surface area contributed by atoms with Crippen LogP contribution in [0.4, 0.5) is 0 Å². The summed E-state index contributed by atoms with van der Waals surface area (Å²) in [5.41, 5.74) is 0.524. The number of esters is 1. The highest BCUT2D eigenvalue weighted by atomic mass is 16.5. The molecular weight excluding hydrogens is 548 g/mol. The molecule has 0 spiro atoms. The summed E-state index contributed by atoms with van der Waals surface area (Å²) < 4.78 is 11.1. The SMILES string of the molecule is CCCCCCCCCCCC[C@H](O)[C@@H]1CC[C@@H]([C@@H](O)CC[C@H](O)CCC[C@H](O)CCC[C@@H](O)CC2=C[C@H](C)OC2=O)O1. The average molecular weight is 613 g/mol. The van der Waals surface area contributed by atoms with E-state index in [1.807, 2.05) is 0 Å². The van der Waals surface area contributed by atoms with Crippen molar-refractivity contribution in [2.24, 2.45) is 0 Å². The van der Waals surface area contributed by atoms with Crippen molar-refractivity contribution in [1.82, 2.24) is 0 Å². The first kappa shape index (κ1) is 38.2. The van der Waals surface area contributed by atoms with Gasteiger partial charge in [0.2, 0.25) is 0 Å². The molecule has 43 heavy (non-hydrogen) atoms. The molecule has 0 aromatic carbocycles. The Hall–Kier alpha value is -1.03. The molecule has 0 aromatic rings. The van der Waals surface area contributed by atoms with E-state index in [9.17, 15) is 30.3 Å². The number of rotatable bonds is 26. The fourth-order valence-corrected chi connectivity index (χ4v) is 6.44. The molecule has 1 fully saturated rings. The van der Waals surface area contributed by atoms with Crippen LogP contribution >= 0.6 is 0 Å². The van der Waals surface area contributed by atoms with Crippen molar-refractivity contribution >= 4 is 5.97 Å². The van der Waals surface area contributed by atoms with Crippen molar-refractivity contribution in [3.05, 3.63) is 11.6 Å². The lowest BCUT2D eigenvalue weighted by Gasteiger charge is -2.23. The van der Waals surface area contributed by atoms with Gasteiger partial charge in [0, 0.05) is 12.0 Å². The Morgan fingerprint density at radius 1 is 0.651 bits per heavy atom. The maximum Gasteiger partial charge on any atom is 0.334 e. The van der Waals surface area contributed by atoms with Crippen LogP contribution in [0.25, 0.3) is 0 Å². The zero-order valence-electron chi connectivity index (χ0n) is 27.2. The van der Waals surface area contributed by atoms with Gasteiger partial charge in [0.25, 0.3) is 0 Å². The van der Waals surface area contributed by atoms with Gasteiger partial charge in [0.1, 0.15) is 6.10 Å². The molecule has 0 unspecified atom stereocenters. The quantitative estimate of drug-likeness (QED) is 0.0590. The zero-order chi connectivity index (χ0) is 31.5. The molecule has 2 aliphatic heterocycles. The minimum absolute atomic E-state index is 0.203. The van der Waals surface area contributed by atoms with Gasteiger partial charge in [-0.05, 0) is 83.6 Å². The van der Waals surface area contributed by atoms with Gasteiger partial charge in [-0.15, -0.1) is 0 Å². The van der Waals surface area contributed by atoms with E-state index < -0.39 is 30.5 Å². The van der Waals surface area contributed by atoms with Gasteiger partial charge in [0.05, 0.1) is 42.7 Å². The average Bonchev–Trinajstić information content (AvgIpc) is 3.59. The van der Waals surface area contributed by atoms with Gasteiger partial charge in [-0.1, -0.05) is 71.1 Å². The Bertz CT molecular complexity index is 758. The number of hydrogen-bond acceptors (Lipinski definition) is 8. The maximum atomic E-state index is 11.7. The highest BCUT2D eigenvalue weighted by Crippen LogP contribution is 2.28. The third-order valence-electron chi connectivity index (χ3n) is 9.19. The lowest BCUT2D eigenvalue weighted by Crippen LogP contribution is -2.31. The third-order valence-corrected chi connectivity index (χ3v) is 9.19. The number of hydrogen-bond donors (Lipinski definition) is 5. The van der Waals surface area contributed by atoms with Crippen LogP contribution in [-0.4, -0.2) is 80.3 Å². The van der Waals surface area contributed by atoms with Crippen molar-refractivity contribution in [2.75, 3.05) is 0 Å². The highest BCUT2D eigenvalue weighted by Gasteiger charge is 2.34. The second-order valence-electron chi connectivity index (χ2n) is 13.3. The largest absolute Gasteiger partial charge is 0.455 e. The Balaban J connectivity index is 1.45.